The number of hydrogen-bond donors (Lipinski definition) is 0. The van der Waals surface area contributed by atoms with Gasteiger partial charge in [-0.1, -0.05) is 241 Å². The van der Waals surface area contributed by atoms with E-state index < -0.39 is 6.10 Å². The predicted octanol–water partition coefficient (Wildman–Crippen LogP) is 18.6. The van der Waals surface area contributed by atoms with Crippen LogP contribution in [0.2, 0.25) is 0 Å². The summed E-state index contributed by atoms with van der Waals surface area (Å²) in [5.41, 5.74) is 0. The van der Waals surface area contributed by atoms with Gasteiger partial charge in [0.15, 0.2) is 6.10 Å². The van der Waals surface area contributed by atoms with Gasteiger partial charge in [-0.05, 0) is 83.5 Å². The van der Waals surface area contributed by atoms with Gasteiger partial charge in [0.25, 0.3) is 0 Å². The summed E-state index contributed by atoms with van der Waals surface area (Å²) < 4.78 is 16.8. The van der Waals surface area contributed by atoms with Gasteiger partial charge >= 0.3 is 17.9 Å². The number of unbranched alkanes of at least 4 members (excludes halogenated alkanes) is 27. The highest BCUT2D eigenvalue weighted by Crippen LogP contribution is 2.16. The Labute approximate surface area is 408 Å². The Hall–Kier alpha value is -3.15. The summed E-state index contributed by atoms with van der Waals surface area (Å²) >= 11 is 0. The third kappa shape index (κ3) is 51.8. The van der Waals surface area contributed by atoms with E-state index in [9.17, 15) is 14.4 Å². The molecule has 0 aromatic rings. The fraction of sp³-hybridized carbons (Fsp3) is 0.750. The molecule has 0 spiro atoms. The lowest BCUT2D eigenvalue weighted by Gasteiger charge is -2.18. The molecule has 0 bridgehead atoms. The van der Waals surface area contributed by atoms with Crippen LogP contribution in [0.15, 0.2) is 72.9 Å². The highest BCUT2D eigenvalue weighted by Gasteiger charge is 2.19. The van der Waals surface area contributed by atoms with Crippen LogP contribution in [-0.2, 0) is 28.6 Å². The van der Waals surface area contributed by atoms with Gasteiger partial charge in [-0.2, -0.15) is 0 Å². The highest BCUT2D eigenvalue weighted by atomic mass is 16.6. The maximum atomic E-state index is 12.8. The van der Waals surface area contributed by atoms with Crippen molar-refractivity contribution in [1.82, 2.24) is 0 Å². The zero-order chi connectivity index (χ0) is 47.9. The molecule has 0 saturated heterocycles. The van der Waals surface area contributed by atoms with Crippen LogP contribution in [-0.4, -0.2) is 37.2 Å². The third-order valence-electron chi connectivity index (χ3n) is 12.0. The van der Waals surface area contributed by atoms with Crippen LogP contribution in [0, 0.1) is 0 Å². The average Bonchev–Trinajstić information content (AvgIpc) is 3.31. The molecule has 0 aliphatic heterocycles. The standard InChI is InChI=1S/C60H104O6/c1-4-7-10-13-16-19-22-25-27-29-31-32-35-38-41-44-47-50-53-59(62)65-56-57(55-64-58(61)52-49-46-43-40-37-34-24-21-18-15-12-9-6-3)66-60(63)54-51-48-45-42-39-36-33-30-28-26-23-20-17-14-11-8-5-2/h8-9,11-12,17-18,20-21,26,28,34,37,57H,4-7,10,13-16,19,22-25,27,29-33,35-36,38-56H2,1-3H3/b11-8-,12-9-,20-17-,21-18-,28-26-,37-34-. The Morgan fingerprint density at radius 3 is 0.939 bits per heavy atom. The lowest BCUT2D eigenvalue weighted by molar-refractivity contribution is -0.167. The fourth-order valence-corrected chi connectivity index (χ4v) is 7.82. The van der Waals surface area contributed by atoms with Crippen molar-refractivity contribution in [3.05, 3.63) is 72.9 Å². The molecule has 1 atom stereocenters. The molecule has 0 aromatic carbocycles. The Kier molecular flexibility index (Phi) is 51.9. The Bertz CT molecular complexity index is 1240. The van der Waals surface area contributed by atoms with E-state index in [1.807, 2.05) is 0 Å². The zero-order valence-electron chi connectivity index (χ0n) is 43.4. The normalized spacial score (nSPS) is 12.6. The molecule has 6 heteroatoms. The van der Waals surface area contributed by atoms with Crippen LogP contribution in [0.1, 0.15) is 271 Å². The number of carbonyl (C=O) groups is 3. The topological polar surface area (TPSA) is 78.9 Å². The number of ether oxygens (including phenoxy) is 3. The average molecular weight is 921 g/mol. The summed E-state index contributed by atoms with van der Waals surface area (Å²) in [5.74, 6) is -0.919. The molecular formula is C60H104O6. The lowest BCUT2D eigenvalue weighted by atomic mass is 10.0. The minimum Gasteiger partial charge on any atom is -0.462 e. The first kappa shape index (κ1) is 62.8. The van der Waals surface area contributed by atoms with Crippen molar-refractivity contribution in [1.29, 1.82) is 0 Å². The second-order valence-electron chi connectivity index (χ2n) is 18.4. The monoisotopic (exact) mass is 921 g/mol. The molecule has 0 saturated carbocycles. The molecule has 0 aliphatic carbocycles. The van der Waals surface area contributed by atoms with Gasteiger partial charge in [-0.3, -0.25) is 14.4 Å². The SMILES string of the molecule is CC/C=C\C/C=C\C/C=C\CCCCCCCCCC(=O)OC(COC(=O)CCCCC/C=C\C/C=C\C/C=C\CC)COC(=O)CCCCCCCCCCCCCCCCCCCC. The van der Waals surface area contributed by atoms with Gasteiger partial charge in [0.2, 0.25) is 0 Å². The molecule has 0 amide bonds. The van der Waals surface area contributed by atoms with Crippen molar-refractivity contribution in [2.45, 2.75) is 277 Å². The summed E-state index contributed by atoms with van der Waals surface area (Å²) in [4.78, 5) is 38.1. The van der Waals surface area contributed by atoms with Crippen LogP contribution >= 0.6 is 0 Å². The predicted molar refractivity (Wildman–Crippen MR) is 284 cm³/mol. The molecule has 380 valence electrons. The first-order valence-electron chi connectivity index (χ1n) is 27.9. The minimum absolute atomic E-state index is 0.0869. The first-order valence-corrected chi connectivity index (χ1v) is 27.9. The molecule has 66 heavy (non-hydrogen) atoms. The van der Waals surface area contributed by atoms with Crippen molar-refractivity contribution in [2.75, 3.05) is 13.2 Å². The summed E-state index contributed by atoms with van der Waals surface area (Å²) in [7, 11) is 0. The second kappa shape index (κ2) is 54.5. The largest absolute Gasteiger partial charge is 0.462 e. The Balaban J connectivity index is 4.39. The van der Waals surface area contributed by atoms with Gasteiger partial charge in [0, 0.05) is 19.3 Å². The van der Waals surface area contributed by atoms with Crippen molar-refractivity contribution >= 4 is 17.9 Å². The number of allylic oxidation sites excluding steroid dienone is 12. The Morgan fingerprint density at radius 1 is 0.318 bits per heavy atom. The van der Waals surface area contributed by atoms with Crippen LogP contribution in [0.4, 0.5) is 0 Å². The van der Waals surface area contributed by atoms with Crippen LogP contribution in [0.25, 0.3) is 0 Å². The number of hydrogen-bond acceptors (Lipinski definition) is 6. The van der Waals surface area contributed by atoms with Gasteiger partial charge < -0.3 is 14.2 Å². The van der Waals surface area contributed by atoms with E-state index in [4.69, 9.17) is 14.2 Å². The third-order valence-corrected chi connectivity index (χ3v) is 12.0. The maximum Gasteiger partial charge on any atom is 0.306 e. The second-order valence-corrected chi connectivity index (χ2v) is 18.4. The van der Waals surface area contributed by atoms with Crippen molar-refractivity contribution < 1.29 is 28.6 Å². The summed E-state index contributed by atoms with van der Waals surface area (Å²) in [6.07, 6.45) is 68.9. The summed E-state index contributed by atoms with van der Waals surface area (Å²) in [6, 6.07) is 0. The van der Waals surface area contributed by atoms with E-state index in [1.165, 1.54) is 122 Å². The molecule has 0 radical (unpaired) electrons. The highest BCUT2D eigenvalue weighted by molar-refractivity contribution is 5.71. The van der Waals surface area contributed by atoms with E-state index in [1.54, 1.807) is 0 Å². The summed E-state index contributed by atoms with van der Waals surface area (Å²) in [5, 5.41) is 0. The summed E-state index contributed by atoms with van der Waals surface area (Å²) in [6.45, 7) is 6.40. The maximum absolute atomic E-state index is 12.8. The van der Waals surface area contributed by atoms with Crippen molar-refractivity contribution in [3.8, 4) is 0 Å². The molecule has 0 fully saturated rings. The minimum atomic E-state index is -0.791. The van der Waals surface area contributed by atoms with Gasteiger partial charge in [0.1, 0.15) is 13.2 Å². The van der Waals surface area contributed by atoms with Gasteiger partial charge in [-0.15, -0.1) is 0 Å². The van der Waals surface area contributed by atoms with E-state index in [0.29, 0.717) is 19.3 Å². The van der Waals surface area contributed by atoms with E-state index >= 15 is 0 Å². The van der Waals surface area contributed by atoms with Crippen molar-refractivity contribution in [3.63, 3.8) is 0 Å². The van der Waals surface area contributed by atoms with Crippen LogP contribution in [0.3, 0.4) is 0 Å². The molecule has 6 nitrogen and oxygen atoms in total. The van der Waals surface area contributed by atoms with Gasteiger partial charge in [-0.25, -0.2) is 0 Å². The number of rotatable bonds is 50. The first-order chi connectivity index (χ1) is 32.5. The fourth-order valence-electron chi connectivity index (χ4n) is 7.82. The quantitative estimate of drug-likeness (QED) is 0.0262. The molecule has 0 aromatic heterocycles. The number of esters is 3. The molecule has 0 N–H and O–H groups in total. The van der Waals surface area contributed by atoms with Crippen LogP contribution < -0.4 is 0 Å². The van der Waals surface area contributed by atoms with E-state index in [0.717, 1.165) is 109 Å². The molecule has 0 aliphatic rings. The van der Waals surface area contributed by atoms with Crippen molar-refractivity contribution in [2.24, 2.45) is 0 Å². The Morgan fingerprint density at radius 2 is 0.591 bits per heavy atom. The zero-order valence-corrected chi connectivity index (χ0v) is 43.4. The molecular weight excluding hydrogens is 817 g/mol. The molecule has 0 heterocycles. The molecule has 0 rings (SSSR count). The van der Waals surface area contributed by atoms with E-state index in [-0.39, 0.29) is 31.1 Å². The molecule has 1 unspecified atom stereocenters. The number of carbonyl (C=O) groups excluding carboxylic acids is 3. The lowest BCUT2D eigenvalue weighted by Crippen LogP contribution is -2.30. The van der Waals surface area contributed by atoms with Gasteiger partial charge in [0.05, 0.1) is 0 Å². The van der Waals surface area contributed by atoms with E-state index in [2.05, 4.69) is 93.7 Å². The smallest absolute Gasteiger partial charge is 0.306 e. The van der Waals surface area contributed by atoms with Crippen LogP contribution in [0.5, 0.6) is 0 Å².